The van der Waals surface area contributed by atoms with Crippen molar-refractivity contribution in [2.75, 3.05) is 19.7 Å². The molecule has 1 aromatic carbocycles. The fraction of sp³-hybridized carbons (Fsp3) is 0.588. The van der Waals surface area contributed by atoms with Crippen LogP contribution in [0, 0.1) is 5.92 Å². The maximum absolute atomic E-state index is 12.8. The summed E-state index contributed by atoms with van der Waals surface area (Å²) in [5.41, 5.74) is 0. The maximum Gasteiger partial charge on any atom is 0.243 e. The van der Waals surface area contributed by atoms with Crippen molar-refractivity contribution in [3.05, 3.63) is 24.3 Å². The molecule has 1 aliphatic carbocycles. The molecule has 0 bridgehead atoms. The summed E-state index contributed by atoms with van der Waals surface area (Å²) in [7, 11) is -3.58. The summed E-state index contributed by atoms with van der Waals surface area (Å²) in [4.78, 5) is 12.5. The van der Waals surface area contributed by atoms with Crippen molar-refractivity contribution in [1.82, 2.24) is 9.62 Å². The summed E-state index contributed by atoms with van der Waals surface area (Å²) in [5, 5.41) is 2.98. The number of hydrogen-bond acceptors (Lipinski definition) is 4. The van der Waals surface area contributed by atoms with Gasteiger partial charge in [0.25, 0.3) is 0 Å². The van der Waals surface area contributed by atoms with Gasteiger partial charge in [0.05, 0.1) is 17.4 Å². The highest BCUT2D eigenvalue weighted by Crippen LogP contribution is 2.26. The Morgan fingerprint density at radius 2 is 1.96 bits per heavy atom. The summed E-state index contributed by atoms with van der Waals surface area (Å²) in [6.45, 7) is 3.14. The third-order valence-electron chi connectivity index (χ3n) is 4.45. The van der Waals surface area contributed by atoms with Gasteiger partial charge in [0.1, 0.15) is 5.75 Å². The Kier molecular flexibility index (Phi) is 5.10. The van der Waals surface area contributed by atoms with Gasteiger partial charge in [-0.1, -0.05) is 0 Å². The van der Waals surface area contributed by atoms with Crippen LogP contribution in [0.4, 0.5) is 0 Å². The predicted octanol–water partition coefficient (Wildman–Crippen LogP) is 1.76. The summed E-state index contributed by atoms with van der Waals surface area (Å²) in [6.07, 6.45) is 3.52. The Morgan fingerprint density at radius 1 is 1.25 bits per heavy atom. The highest BCUT2D eigenvalue weighted by Gasteiger charge is 2.35. The van der Waals surface area contributed by atoms with E-state index in [-0.39, 0.29) is 23.3 Å². The molecule has 0 aromatic heterocycles. The van der Waals surface area contributed by atoms with Crippen molar-refractivity contribution in [1.29, 1.82) is 0 Å². The van der Waals surface area contributed by atoms with E-state index in [1.54, 1.807) is 24.3 Å². The Bertz CT molecular complexity index is 683. The fourth-order valence-corrected chi connectivity index (χ4v) is 4.47. The molecule has 1 aromatic rings. The predicted molar refractivity (Wildman–Crippen MR) is 90.3 cm³/mol. The Morgan fingerprint density at radius 3 is 2.58 bits per heavy atom. The van der Waals surface area contributed by atoms with Gasteiger partial charge >= 0.3 is 0 Å². The van der Waals surface area contributed by atoms with Crippen LogP contribution in [0.1, 0.15) is 32.6 Å². The normalized spacial score (nSPS) is 22.1. The molecule has 1 amide bonds. The lowest BCUT2D eigenvalue weighted by atomic mass is 9.99. The molecule has 7 heteroatoms. The van der Waals surface area contributed by atoms with E-state index in [0.29, 0.717) is 31.4 Å². The molecule has 1 atom stereocenters. The first-order chi connectivity index (χ1) is 11.5. The van der Waals surface area contributed by atoms with Crippen LogP contribution < -0.4 is 10.1 Å². The zero-order valence-electron chi connectivity index (χ0n) is 13.9. The van der Waals surface area contributed by atoms with Crippen molar-refractivity contribution in [3.63, 3.8) is 0 Å². The first-order valence-electron chi connectivity index (χ1n) is 8.54. The second-order valence-corrected chi connectivity index (χ2v) is 8.33. The van der Waals surface area contributed by atoms with E-state index in [1.807, 2.05) is 6.92 Å². The van der Waals surface area contributed by atoms with Crippen LogP contribution >= 0.6 is 0 Å². The third-order valence-corrected chi connectivity index (χ3v) is 6.33. The number of piperidine rings is 1. The molecule has 6 nitrogen and oxygen atoms in total. The molecular weight excluding hydrogens is 328 g/mol. The first-order valence-corrected chi connectivity index (χ1v) is 9.98. The Hall–Kier alpha value is -1.60. The molecule has 0 unspecified atom stereocenters. The summed E-state index contributed by atoms with van der Waals surface area (Å²) < 4.78 is 32.4. The van der Waals surface area contributed by atoms with Gasteiger partial charge in [-0.05, 0) is 56.9 Å². The number of nitrogens with zero attached hydrogens (tertiary/aromatic N) is 1. The van der Waals surface area contributed by atoms with E-state index >= 15 is 0 Å². The van der Waals surface area contributed by atoms with Gasteiger partial charge in [-0.25, -0.2) is 8.42 Å². The second kappa shape index (κ2) is 7.11. The number of nitrogens with one attached hydrogen (secondary N) is 1. The molecule has 1 aliphatic heterocycles. The molecule has 0 spiro atoms. The molecule has 1 N–H and O–H groups in total. The van der Waals surface area contributed by atoms with Crippen molar-refractivity contribution >= 4 is 15.9 Å². The zero-order valence-corrected chi connectivity index (χ0v) is 14.7. The van der Waals surface area contributed by atoms with E-state index < -0.39 is 10.0 Å². The van der Waals surface area contributed by atoms with E-state index in [2.05, 4.69) is 5.32 Å². The molecular formula is C17H24N2O4S. The SMILES string of the molecule is CCOc1ccc(S(=O)(=O)N2CCC[C@H](C(=O)NC3CC3)C2)cc1. The maximum atomic E-state index is 12.8. The summed E-state index contributed by atoms with van der Waals surface area (Å²) in [6, 6.07) is 6.76. The number of hydrogen-bond donors (Lipinski definition) is 1. The molecule has 1 saturated carbocycles. The number of ether oxygens (including phenoxy) is 1. The lowest BCUT2D eigenvalue weighted by Gasteiger charge is -2.31. The monoisotopic (exact) mass is 352 g/mol. The Labute approximate surface area is 143 Å². The number of benzene rings is 1. The van der Waals surface area contributed by atoms with Crippen LogP contribution in [0.2, 0.25) is 0 Å². The molecule has 1 saturated heterocycles. The van der Waals surface area contributed by atoms with Crippen molar-refractivity contribution in [3.8, 4) is 5.75 Å². The Balaban J connectivity index is 1.69. The van der Waals surface area contributed by atoms with E-state index in [4.69, 9.17) is 4.74 Å². The molecule has 24 heavy (non-hydrogen) atoms. The molecule has 2 fully saturated rings. The van der Waals surface area contributed by atoms with Crippen LogP contribution in [0.25, 0.3) is 0 Å². The van der Waals surface area contributed by atoms with Gasteiger partial charge in [0, 0.05) is 19.1 Å². The quantitative estimate of drug-likeness (QED) is 0.846. The number of amides is 1. The number of sulfonamides is 1. The topological polar surface area (TPSA) is 75.7 Å². The zero-order chi connectivity index (χ0) is 17.2. The average Bonchev–Trinajstić information content (AvgIpc) is 3.40. The van der Waals surface area contributed by atoms with Gasteiger partial charge in [0.15, 0.2) is 0 Å². The molecule has 0 radical (unpaired) electrons. The average molecular weight is 352 g/mol. The lowest BCUT2D eigenvalue weighted by molar-refractivity contribution is -0.126. The van der Waals surface area contributed by atoms with Gasteiger partial charge < -0.3 is 10.1 Å². The molecule has 132 valence electrons. The molecule has 3 rings (SSSR count). The second-order valence-electron chi connectivity index (χ2n) is 6.39. The smallest absolute Gasteiger partial charge is 0.243 e. The van der Waals surface area contributed by atoms with Crippen LogP contribution in [0.15, 0.2) is 29.2 Å². The van der Waals surface area contributed by atoms with E-state index in [0.717, 1.165) is 19.3 Å². The van der Waals surface area contributed by atoms with Gasteiger partial charge in [-0.3, -0.25) is 4.79 Å². The lowest BCUT2D eigenvalue weighted by Crippen LogP contribution is -2.45. The standard InChI is InChI=1S/C17H24N2O4S/c1-2-23-15-7-9-16(10-8-15)24(21,22)19-11-3-4-13(12-19)17(20)18-14-5-6-14/h7-10,13-14H,2-6,11-12H2,1H3,(H,18,20)/t13-/m0/s1. The summed E-state index contributed by atoms with van der Waals surface area (Å²) >= 11 is 0. The van der Waals surface area contributed by atoms with Crippen molar-refractivity contribution in [2.24, 2.45) is 5.92 Å². The van der Waals surface area contributed by atoms with Gasteiger partial charge in [-0.15, -0.1) is 0 Å². The van der Waals surface area contributed by atoms with Crippen LogP contribution in [0.5, 0.6) is 5.75 Å². The highest BCUT2D eigenvalue weighted by molar-refractivity contribution is 7.89. The number of carbonyl (C=O) groups excluding carboxylic acids is 1. The van der Waals surface area contributed by atoms with Crippen molar-refractivity contribution in [2.45, 2.75) is 43.5 Å². The summed E-state index contributed by atoms with van der Waals surface area (Å²) in [5.74, 6) is 0.387. The van der Waals surface area contributed by atoms with Crippen molar-refractivity contribution < 1.29 is 17.9 Å². The third kappa shape index (κ3) is 3.89. The number of rotatable bonds is 6. The van der Waals surface area contributed by atoms with E-state index in [1.165, 1.54) is 4.31 Å². The molecule has 1 heterocycles. The largest absolute Gasteiger partial charge is 0.494 e. The van der Waals surface area contributed by atoms with Crippen LogP contribution in [-0.2, 0) is 14.8 Å². The molecule has 2 aliphatic rings. The van der Waals surface area contributed by atoms with Crippen LogP contribution in [0.3, 0.4) is 0 Å². The van der Waals surface area contributed by atoms with Gasteiger partial charge in [0.2, 0.25) is 15.9 Å². The number of carbonyl (C=O) groups is 1. The van der Waals surface area contributed by atoms with Gasteiger partial charge in [-0.2, -0.15) is 4.31 Å². The highest BCUT2D eigenvalue weighted by atomic mass is 32.2. The van der Waals surface area contributed by atoms with E-state index in [9.17, 15) is 13.2 Å². The first kappa shape index (κ1) is 17.2. The fourth-order valence-electron chi connectivity index (χ4n) is 2.95. The minimum atomic E-state index is -3.58. The minimum Gasteiger partial charge on any atom is -0.494 e. The minimum absolute atomic E-state index is 0.0101. The van der Waals surface area contributed by atoms with Crippen LogP contribution in [-0.4, -0.2) is 44.4 Å².